The van der Waals surface area contributed by atoms with Crippen molar-refractivity contribution in [1.29, 1.82) is 0 Å². The van der Waals surface area contributed by atoms with Crippen molar-refractivity contribution in [1.82, 2.24) is 24.8 Å². The van der Waals surface area contributed by atoms with E-state index in [1.165, 1.54) is 0 Å². The minimum atomic E-state index is -1.21. The van der Waals surface area contributed by atoms with Crippen molar-refractivity contribution in [2.75, 3.05) is 18.5 Å². The molecule has 2 aromatic heterocycles. The third-order valence-electron chi connectivity index (χ3n) is 5.17. The molecule has 3 aromatic rings. The second-order valence-corrected chi connectivity index (χ2v) is 16.5. The van der Waals surface area contributed by atoms with Gasteiger partial charge in [-0.25, -0.2) is 19.7 Å². The largest absolute Gasteiger partial charge is 0.444 e. The van der Waals surface area contributed by atoms with E-state index in [1.807, 2.05) is 68.7 Å². The molecule has 9 nitrogen and oxygen atoms in total. The number of para-hydroxylation sites is 1. The maximum absolute atomic E-state index is 11.9. The van der Waals surface area contributed by atoms with E-state index in [2.05, 4.69) is 45.2 Å². The number of nitrogens with zero attached hydrogens (tertiary/aromatic N) is 4. The van der Waals surface area contributed by atoms with Gasteiger partial charge in [0.2, 0.25) is 11.9 Å². The number of aromatic nitrogens is 4. The summed E-state index contributed by atoms with van der Waals surface area (Å²) in [5, 5.41) is 7.00. The summed E-state index contributed by atoms with van der Waals surface area (Å²) in [5.41, 5.74) is 2.05. The van der Waals surface area contributed by atoms with Gasteiger partial charge in [0.05, 0.1) is 23.1 Å². The number of imidazole rings is 1. The molecule has 0 radical (unpaired) electrons. The van der Waals surface area contributed by atoms with Gasteiger partial charge in [-0.3, -0.25) is 9.88 Å². The fourth-order valence-corrected chi connectivity index (χ4v) is 4.08. The molecule has 0 saturated heterocycles. The molecule has 0 aliphatic heterocycles. The van der Waals surface area contributed by atoms with Crippen molar-refractivity contribution < 1.29 is 14.3 Å². The summed E-state index contributed by atoms with van der Waals surface area (Å²) in [6, 6.07) is 8.98. The number of fused-ring (bicyclic) bond motifs is 1. The highest BCUT2D eigenvalue weighted by atomic mass is 28.3. The van der Waals surface area contributed by atoms with Crippen LogP contribution in [0.25, 0.3) is 17.0 Å². The van der Waals surface area contributed by atoms with Gasteiger partial charge in [0.25, 0.3) is 0 Å². The number of hydrogen-bond acceptors (Lipinski definition) is 7. The maximum Gasteiger partial charge on any atom is 0.407 e. The lowest BCUT2D eigenvalue weighted by Crippen LogP contribution is -2.32. The van der Waals surface area contributed by atoms with Crippen LogP contribution in [0.3, 0.4) is 0 Å². The number of anilines is 2. The van der Waals surface area contributed by atoms with Crippen LogP contribution in [0.5, 0.6) is 0 Å². The number of hydrogen-bond donors (Lipinski definition) is 2. The minimum Gasteiger partial charge on any atom is -0.444 e. The predicted octanol–water partition coefficient (Wildman–Crippen LogP) is 5.73. The Balaban J connectivity index is 1.75. The molecule has 2 N–H and O–H groups in total. The van der Waals surface area contributed by atoms with E-state index >= 15 is 0 Å². The van der Waals surface area contributed by atoms with Crippen LogP contribution in [0.2, 0.25) is 25.7 Å². The zero-order valence-electron chi connectivity index (χ0n) is 22.4. The second kappa shape index (κ2) is 11.7. The Kier molecular flexibility index (Phi) is 8.86. The molecule has 194 valence electrons. The maximum atomic E-state index is 11.9. The summed E-state index contributed by atoms with van der Waals surface area (Å²) in [6.45, 7) is 15.8. The van der Waals surface area contributed by atoms with E-state index in [9.17, 15) is 4.79 Å². The van der Waals surface area contributed by atoms with Gasteiger partial charge in [-0.2, -0.15) is 0 Å². The van der Waals surface area contributed by atoms with Crippen LogP contribution in [0.15, 0.2) is 36.5 Å². The van der Waals surface area contributed by atoms with Gasteiger partial charge < -0.3 is 14.8 Å². The Morgan fingerprint density at radius 3 is 2.64 bits per heavy atom. The summed E-state index contributed by atoms with van der Waals surface area (Å²) in [4.78, 5) is 25.7. The number of nitrogens with one attached hydrogen (secondary N) is 2. The summed E-state index contributed by atoms with van der Waals surface area (Å²) in [6.07, 6.45) is 5.04. The predicted molar refractivity (Wildman–Crippen MR) is 147 cm³/mol. The smallest absolute Gasteiger partial charge is 0.407 e. The number of carbonyl (C=O) groups is 1. The molecule has 36 heavy (non-hydrogen) atoms. The first-order chi connectivity index (χ1) is 16.9. The van der Waals surface area contributed by atoms with Gasteiger partial charge >= 0.3 is 6.09 Å². The zero-order valence-corrected chi connectivity index (χ0v) is 23.4. The fraction of sp³-hybridized carbons (Fsp3) is 0.462. The third kappa shape index (κ3) is 8.45. The Labute approximate surface area is 214 Å². The van der Waals surface area contributed by atoms with Crippen LogP contribution in [0, 0.1) is 6.92 Å². The lowest BCUT2D eigenvalue weighted by Gasteiger charge is -2.19. The fourth-order valence-electron chi connectivity index (χ4n) is 3.32. The van der Waals surface area contributed by atoms with Gasteiger partial charge in [-0.15, -0.1) is 0 Å². The number of benzene rings is 1. The highest BCUT2D eigenvalue weighted by molar-refractivity contribution is 6.76. The van der Waals surface area contributed by atoms with Gasteiger partial charge in [0, 0.05) is 26.6 Å². The summed E-state index contributed by atoms with van der Waals surface area (Å²) in [5.74, 6) is 1.06. The Morgan fingerprint density at radius 2 is 1.92 bits per heavy atom. The first kappa shape index (κ1) is 27.3. The molecule has 0 aliphatic rings. The summed E-state index contributed by atoms with van der Waals surface area (Å²) < 4.78 is 13.2. The van der Waals surface area contributed by atoms with Crippen molar-refractivity contribution in [3.05, 3.63) is 47.9 Å². The highest BCUT2D eigenvalue weighted by Crippen LogP contribution is 2.21. The number of ether oxygens (including phenoxy) is 2. The van der Waals surface area contributed by atoms with E-state index in [0.717, 1.165) is 28.3 Å². The van der Waals surface area contributed by atoms with E-state index in [0.29, 0.717) is 31.8 Å². The highest BCUT2D eigenvalue weighted by Gasteiger charge is 2.16. The van der Waals surface area contributed by atoms with E-state index in [-0.39, 0.29) is 0 Å². The molecular formula is C26H38N6O3Si. The Hall–Kier alpha value is -3.24. The van der Waals surface area contributed by atoms with Gasteiger partial charge in [0.15, 0.2) is 0 Å². The Morgan fingerprint density at radius 1 is 1.17 bits per heavy atom. The molecule has 0 unspecified atom stereocenters. The van der Waals surface area contributed by atoms with Crippen LogP contribution in [-0.4, -0.2) is 52.4 Å². The topological polar surface area (TPSA) is 103 Å². The van der Waals surface area contributed by atoms with Crippen LogP contribution in [0.1, 0.15) is 32.2 Å². The van der Waals surface area contributed by atoms with Crippen LogP contribution < -0.4 is 10.6 Å². The van der Waals surface area contributed by atoms with E-state index < -0.39 is 19.8 Å². The average molecular weight is 511 g/mol. The molecule has 0 aliphatic carbocycles. The SMILES string of the molecule is Cc1nc(Nc2ncc(C=CCNC(=O)OC(C)(C)C)n2COCC[Si](C)(C)C)nc2ccccc12. The first-order valence-corrected chi connectivity index (χ1v) is 15.9. The molecule has 0 bridgehead atoms. The second-order valence-electron chi connectivity index (χ2n) is 10.8. The molecule has 1 amide bonds. The molecule has 0 spiro atoms. The quantitative estimate of drug-likeness (QED) is 0.265. The van der Waals surface area contributed by atoms with E-state index in [1.54, 1.807) is 6.20 Å². The normalized spacial score (nSPS) is 12.3. The average Bonchev–Trinajstić information content (AvgIpc) is 3.13. The van der Waals surface area contributed by atoms with Gasteiger partial charge in [0.1, 0.15) is 12.3 Å². The van der Waals surface area contributed by atoms with E-state index in [4.69, 9.17) is 9.47 Å². The number of amides is 1. The molecule has 0 atom stereocenters. The molecular weight excluding hydrogens is 472 g/mol. The third-order valence-corrected chi connectivity index (χ3v) is 6.88. The zero-order chi connectivity index (χ0) is 26.3. The number of rotatable bonds is 10. The lowest BCUT2D eigenvalue weighted by atomic mass is 10.2. The van der Waals surface area contributed by atoms with Crippen LogP contribution >= 0.6 is 0 Å². The summed E-state index contributed by atoms with van der Waals surface area (Å²) >= 11 is 0. The Bertz CT molecular complexity index is 1210. The lowest BCUT2D eigenvalue weighted by molar-refractivity contribution is 0.0534. The number of alkyl carbamates (subject to hydrolysis) is 1. The monoisotopic (exact) mass is 510 g/mol. The van der Waals surface area contributed by atoms with Crippen molar-refractivity contribution in [3.63, 3.8) is 0 Å². The number of carbonyl (C=O) groups excluding carboxylic acids is 1. The molecule has 1 aromatic carbocycles. The first-order valence-electron chi connectivity index (χ1n) is 12.2. The number of aryl methyl sites for hydroxylation is 1. The van der Waals surface area contributed by atoms with Crippen molar-refractivity contribution >= 4 is 43.0 Å². The minimum absolute atomic E-state index is 0.326. The van der Waals surface area contributed by atoms with Crippen molar-refractivity contribution in [2.24, 2.45) is 0 Å². The van der Waals surface area contributed by atoms with Crippen LogP contribution in [-0.2, 0) is 16.2 Å². The van der Waals surface area contributed by atoms with Crippen molar-refractivity contribution in [2.45, 2.75) is 65.7 Å². The molecule has 0 fully saturated rings. The van der Waals surface area contributed by atoms with Crippen LogP contribution in [0.4, 0.5) is 16.7 Å². The molecule has 3 rings (SSSR count). The standard InChI is InChI=1S/C26H38N6O3Si/c1-19-21-12-8-9-13-22(21)30-23(29-19)31-24-28-17-20(32(24)18-34-15-16-36(5,6)7)11-10-14-27-25(33)35-26(2,3)4/h8-13,17H,14-16,18H2,1-7H3,(H,27,33)(H,28,29,30,31). The summed E-state index contributed by atoms with van der Waals surface area (Å²) in [7, 11) is -1.21. The van der Waals surface area contributed by atoms with Gasteiger partial charge in [-0.05, 0) is 45.9 Å². The molecule has 10 heteroatoms. The van der Waals surface area contributed by atoms with Gasteiger partial charge in [-0.1, -0.05) is 43.9 Å². The van der Waals surface area contributed by atoms with Crippen molar-refractivity contribution in [3.8, 4) is 0 Å². The molecule has 2 heterocycles. The molecule has 0 saturated carbocycles.